The van der Waals surface area contributed by atoms with E-state index in [0.717, 1.165) is 12.2 Å². The van der Waals surface area contributed by atoms with Crippen molar-refractivity contribution in [1.29, 1.82) is 0 Å². The fourth-order valence-corrected chi connectivity index (χ4v) is 4.23. The number of fused-ring (bicyclic) bond motifs is 2. The van der Waals surface area contributed by atoms with E-state index < -0.39 is 0 Å². The summed E-state index contributed by atoms with van der Waals surface area (Å²) >= 11 is 0. The van der Waals surface area contributed by atoms with Crippen molar-refractivity contribution >= 4 is 11.7 Å². The van der Waals surface area contributed by atoms with E-state index in [0.29, 0.717) is 6.54 Å². The Kier molecular flexibility index (Phi) is 3.75. The number of nitrogens with one attached hydrogen (secondary N) is 1. The predicted octanol–water partition coefficient (Wildman–Crippen LogP) is 2.71. The Morgan fingerprint density at radius 1 is 1.33 bits per heavy atom. The molecule has 0 bridgehead atoms. The van der Waals surface area contributed by atoms with Gasteiger partial charge in [0.2, 0.25) is 0 Å². The highest BCUT2D eigenvalue weighted by atomic mass is 16.2. The number of carbonyl (C=O) groups is 1. The highest BCUT2D eigenvalue weighted by Gasteiger charge is 2.46. The zero-order chi connectivity index (χ0) is 16.6. The van der Waals surface area contributed by atoms with Gasteiger partial charge in [-0.1, -0.05) is 31.0 Å². The summed E-state index contributed by atoms with van der Waals surface area (Å²) in [4.78, 5) is 18.7. The van der Waals surface area contributed by atoms with Gasteiger partial charge >= 0.3 is 6.03 Å². The van der Waals surface area contributed by atoms with E-state index in [1.165, 1.54) is 37.6 Å². The van der Waals surface area contributed by atoms with E-state index in [2.05, 4.69) is 33.6 Å². The fourth-order valence-electron chi connectivity index (χ4n) is 4.23. The van der Waals surface area contributed by atoms with Crippen LogP contribution in [-0.4, -0.2) is 33.4 Å². The van der Waals surface area contributed by atoms with Crippen LogP contribution < -0.4 is 10.2 Å². The Bertz CT molecular complexity index is 721. The monoisotopic (exact) mass is 325 g/mol. The third-order valence-electron chi connectivity index (χ3n) is 5.33. The molecule has 0 radical (unpaired) electrons. The molecule has 1 atom stereocenters. The Labute approximate surface area is 141 Å². The molecular weight excluding hydrogens is 302 g/mol. The molecule has 126 valence electrons. The first-order chi connectivity index (χ1) is 11.7. The number of anilines is 1. The standard InChI is InChI=1S/C18H23N5O/c1-14(10-22-13-19-12-20-22)21-17(24)23-11-18(8-4-5-9-18)15-6-2-3-7-16(15)23/h2-3,6-7,12-14H,4-5,8-11H2,1H3,(H,21,24)/t14-/m1/s1. The molecule has 1 aliphatic heterocycles. The lowest BCUT2D eigenvalue weighted by Gasteiger charge is -2.25. The lowest BCUT2D eigenvalue weighted by atomic mass is 9.81. The quantitative estimate of drug-likeness (QED) is 0.944. The summed E-state index contributed by atoms with van der Waals surface area (Å²) in [5.74, 6) is 0. The van der Waals surface area contributed by atoms with E-state index in [-0.39, 0.29) is 17.5 Å². The molecule has 24 heavy (non-hydrogen) atoms. The van der Waals surface area contributed by atoms with Gasteiger partial charge < -0.3 is 5.32 Å². The van der Waals surface area contributed by atoms with Crippen LogP contribution in [0.5, 0.6) is 0 Å². The van der Waals surface area contributed by atoms with Crippen molar-refractivity contribution in [2.75, 3.05) is 11.4 Å². The SMILES string of the molecule is C[C@H](Cn1cncn1)NC(=O)N1CC2(CCCC2)c2ccccc21. The van der Waals surface area contributed by atoms with Gasteiger partial charge in [-0.2, -0.15) is 5.10 Å². The topological polar surface area (TPSA) is 63.1 Å². The zero-order valence-corrected chi connectivity index (χ0v) is 14.0. The molecule has 2 aliphatic rings. The Hall–Kier alpha value is -2.37. The first kappa shape index (κ1) is 15.2. The summed E-state index contributed by atoms with van der Waals surface area (Å²) in [6.07, 6.45) is 8.06. The van der Waals surface area contributed by atoms with E-state index in [9.17, 15) is 4.79 Å². The minimum Gasteiger partial charge on any atom is -0.333 e. The van der Waals surface area contributed by atoms with Gasteiger partial charge in [-0.25, -0.2) is 9.78 Å². The van der Waals surface area contributed by atoms with Crippen LogP contribution in [0.25, 0.3) is 0 Å². The van der Waals surface area contributed by atoms with Crippen molar-refractivity contribution in [1.82, 2.24) is 20.1 Å². The van der Waals surface area contributed by atoms with Crippen molar-refractivity contribution in [3.05, 3.63) is 42.5 Å². The summed E-state index contributed by atoms with van der Waals surface area (Å²) in [6, 6.07) is 8.36. The zero-order valence-electron chi connectivity index (χ0n) is 14.0. The van der Waals surface area contributed by atoms with E-state index in [1.807, 2.05) is 17.9 Å². The van der Waals surface area contributed by atoms with Crippen LogP contribution in [0.3, 0.4) is 0 Å². The highest BCUT2D eigenvalue weighted by Crippen LogP contribution is 2.50. The number of amides is 2. The molecule has 6 heteroatoms. The Morgan fingerprint density at radius 3 is 2.88 bits per heavy atom. The van der Waals surface area contributed by atoms with Crippen LogP contribution in [0.1, 0.15) is 38.2 Å². The van der Waals surface area contributed by atoms with Crippen molar-refractivity contribution in [2.24, 2.45) is 0 Å². The minimum absolute atomic E-state index is 0.00788. The second kappa shape index (κ2) is 5.92. The van der Waals surface area contributed by atoms with Crippen molar-refractivity contribution < 1.29 is 4.79 Å². The molecule has 1 aromatic heterocycles. The maximum Gasteiger partial charge on any atom is 0.322 e. The number of hydrogen-bond donors (Lipinski definition) is 1. The molecule has 1 aliphatic carbocycles. The van der Waals surface area contributed by atoms with Crippen molar-refractivity contribution in [3.8, 4) is 0 Å². The number of nitrogens with zero attached hydrogens (tertiary/aromatic N) is 4. The number of carbonyl (C=O) groups excluding carboxylic acids is 1. The molecule has 1 fully saturated rings. The van der Waals surface area contributed by atoms with Gasteiger partial charge in [0.1, 0.15) is 12.7 Å². The van der Waals surface area contributed by atoms with Gasteiger partial charge in [0.05, 0.1) is 6.54 Å². The Morgan fingerprint density at radius 2 is 2.12 bits per heavy atom. The van der Waals surface area contributed by atoms with Crippen LogP contribution in [0.2, 0.25) is 0 Å². The van der Waals surface area contributed by atoms with E-state index in [1.54, 1.807) is 11.0 Å². The highest BCUT2D eigenvalue weighted by molar-refractivity contribution is 5.95. The van der Waals surface area contributed by atoms with Gasteiger partial charge in [-0.05, 0) is 31.4 Å². The third kappa shape index (κ3) is 2.56. The largest absolute Gasteiger partial charge is 0.333 e. The molecule has 2 heterocycles. The predicted molar refractivity (Wildman–Crippen MR) is 91.9 cm³/mol. The minimum atomic E-state index is -0.0150. The second-order valence-electron chi connectivity index (χ2n) is 7.06. The maximum atomic E-state index is 12.9. The molecule has 1 N–H and O–H groups in total. The second-order valence-corrected chi connectivity index (χ2v) is 7.06. The molecule has 6 nitrogen and oxygen atoms in total. The van der Waals surface area contributed by atoms with Crippen LogP contribution in [0.15, 0.2) is 36.9 Å². The summed E-state index contributed by atoms with van der Waals surface area (Å²) < 4.78 is 1.74. The Balaban J connectivity index is 1.51. The summed E-state index contributed by atoms with van der Waals surface area (Å²) in [5, 5.41) is 7.20. The van der Waals surface area contributed by atoms with Crippen LogP contribution in [0.4, 0.5) is 10.5 Å². The van der Waals surface area contributed by atoms with Gasteiger partial charge in [-0.3, -0.25) is 9.58 Å². The lowest BCUT2D eigenvalue weighted by Crippen LogP contribution is -2.46. The molecule has 4 rings (SSSR count). The number of para-hydroxylation sites is 1. The first-order valence-electron chi connectivity index (χ1n) is 8.68. The number of rotatable bonds is 3. The van der Waals surface area contributed by atoms with E-state index in [4.69, 9.17) is 0 Å². The summed E-state index contributed by atoms with van der Waals surface area (Å²) in [7, 11) is 0. The summed E-state index contributed by atoms with van der Waals surface area (Å²) in [5.41, 5.74) is 2.59. The lowest BCUT2D eigenvalue weighted by molar-refractivity contribution is 0.240. The summed E-state index contributed by atoms with van der Waals surface area (Å²) in [6.45, 7) is 3.41. The number of aromatic nitrogens is 3. The molecule has 2 amide bonds. The van der Waals surface area contributed by atoms with Gasteiger partial charge in [-0.15, -0.1) is 0 Å². The normalized spacial score (nSPS) is 19.5. The maximum absolute atomic E-state index is 12.9. The fraction of sp³-hybridized carbons (Fsp3) is 0.500. The molecule has 0 unspecified atom stereocenters. The molecule has 1 aromatic carbocycles. The average Bonchev–Trinajstić information content (AvgIpc) is 3.30. The third-order valence-corrected chi connectivity index (χ3v) is 5.33. The molecule has 2 aromatic rings. The van der Waals surface area contributed by atoms with Gasteiger partial charge in [0, 0.05) is 23.7 Å². The van der Waals surface area contributed by atoms with Crippen molar-refractivity contribution in [2.45, 2.75) is 50.6 Å². The molecular formula is C18H23N5O. The van der Waals surface area contributed by atoms with E-state index >= 15 is 0 Å². The molecule has 1 spiro atoms. The van der Waals surface area contributed by atoms with Crippen LogP contribution in [-0.2, 0) is 12.0 Å². The van der Waals surface area contributed by atoms with Gasteiger partial charge in [0.25, 0.3) is 0 Å². The van der Waals surface area contributed by atoms with Crippen LogP contribution in [0, 0.1) is 0 Å². The van der Waals surface area contributed by atoms with Gasteiger partial charge in [0.15, 0.2) is 0 Å². The van der Waals surface area contributed by atoms with Crippen molar-refractivity contribution in [3.63, 3.8) is 0 Å². The number of hydrogen-bond acceptors (Lipinski definition) is 3. The number of benzene rings is 1. The average molecular weight is 325 g/mol. The molecule has 1 saturated carbocycles. The number of urea groups is 1. The first-order valence-corrected chi connectivity index (χ1v) is 8.68. The smallest absolute Gasteiger partial charge is 0.322 e. The molecule has 0 saturated heterocycles. The van der Waals surface area contributed by atoms with Crippen LogP contribution >= 0.6 is 0 Å².